The van der Waals surface area contributed by atoms with Gasteiger partial charge in [-0.1, -0.05) is 26.0 Å². The normalized spacial score (nSPS) is 12.0. The number of benzene rings is 3. The third-order valence-electron chi connectivity index (χ3n) is 7.83. The summed E-state index contributed by atoms with van der Waals surface area (Å²) in [5, 5.41) is 10.7. The van der Waals surface area contributed by atoms with E-state index in [4.69, 9.17) is 9.47 Å². The number of methoxy groups -OCH3 is 1. The van der Waals surface area contributed by atoms with Crippen molar-refractivity contribution >= 4 is 11.8 Å². The molecule has 1 aromatic heterocycles. The summed E-state index contributed by atoms with van der Waals surface area (Å²) in [5.41, 5.74) is -3.04. The summed E-state index contributed by atoms with van der Waals surface area (Å²) in [7, 11) is 1.38. The number of ether oxygens (including phenoxy) is 2. The Labute approximate surface area is 315 Å². The van der Waals surface area contributed by atoms with Crippen LogP contribution in [0.5, 0.6) is 11.5 Å². The first kappa shape index (κ1) is 42.5. The van der Waals surface area contributed by atoms with E-state index in [1.54, 1.807) is 18.2 Å². The molecule has 0 aliphatic rings. The van der Waals surface area contributed by atoms with Crippen LogP contribution in [0, 0.1) is 0 Å². The molecule has 0 atom stereocenters. The van der Waals surface area contributed by atoms with Crippen LogP contribution in [0.15, 0.2) is 72.9 Å². The van der Waals surface area contributed by atoms with E-state index in [9.17, 15) is 49.4 Å². The second-order valence-corrected chi connectivity index (χ2v) is 11.9. The van der Waals surface area contributed by atoms with Gasteiger partial charge in [-0.05, 0) is 95.6 Å². The molecule has 0 saturated heterocycles. The molecule has 0 saturated carbocycles. The van der Waals surface area contributed by atoms with Gasteiger partial charge >= 0.3 is 48.1 Å². The number of hydrogen-bond donors (Lipinski definition) is 0. The first-order valence-corrected chi connectivity index (χ1v) is 15.5. The summed E-state index contributed by atoms with van der Waals surface area (Å²) >= 11 is 0. The Bertz CT molecular complexity index is 1790. The summed E-state index contributed by atoms with van der Waals surface area (Å²) in [6, 6.07) is 11.9. The number of carboxylic acids is 1. The molecule has 3 aromatic carbocycles. The Hall–Kier alpha value is -3.95. The number of carboxylic acid groups (broad SMARTS) is 1. The molecule has 0 aliphatic heterocycles. The van der Waals surface area contributed by atoms with Crippen molar-refractivity contribution in [2.75, 3.05) is 18.6 Å². The van der Waals surface area contributed by atoms with Crippen LogP contribution >= 0.6 is 0 Å². The third-order valence-corrected chi connectivity index (χ3v) is 7.83. The number of rotatable bonds is 13. The van der Waals surface area contributed by atoms with Gasteiger partial charge in [-0.3, -0.25) is 0 Å². The molecule has 4 aromatic rings. The number of halogens is 9. The quantitative estimate of drug-likeness (QED) is 0.0942. The van der Waals surface area contributed by atoms with Crippen molar-refractivity contribution in [3.05, 3.63) is 106 Å². The van der Waals surface area contributed by atoms with E-state index in [0.717, 1.165) is 17.7 Å². The molecular formula is C36H32F9N2NaO4. The molecule has 0 spiro atoms. The smallest absolute Gasteiger partial charge is 0.550 e. The van der Waals surface area contributed by atoms with E-state index in [0.29, 0.717) is 23.4 Å². The van der Waals surface area contributed by atoms with Crippen molar-refractivity contribution in [2.24, 2.45) is 0 Å². The van der Waals surface area contributed by atoms with Crippen LogP contribution in [0.1, 0.15) is 66.0 Å². The van der Waals surface area contributed by atoms with Gasteiger partial charge in [0.2, 0.25) is 0 Å². The summed E-state index contributed by atoms with van der Waals surface area (Å²) in [6.45, 7) is 2.70. The van der Waals surface area contributed by atoms with Crippen LogP contribution in [0.25, 0.3) is 11.1 Å². The van der Waals surface area contributed by atoms with Crippen molar-refractivity contribution in [2.45, 2.75) is 64.2 Å². The Morgan fingerprint density at radius 2 is 1.42 bits per heavy atom. The van der Waals surface area contributed by atoms with Gasteiger partial charge in [0.05, 0.1) is 36.6 Å². The number of aliphatic carboxylic acids is 1. The van der Waals surface area contributed by atoms with Crippen molar-refractivity contribution in [1.29, 1.82) is 0 Å². The number of aromatic nitrogens is 1. The second kappa shape index (κ2) is 17.3. The zero-order chi connectivity index (χ0) is 37.7. The minimum absolute atomic E-state index is 0. The number of anilines is 1. The standard InChI is InChI=1S/C36H33F9N2O4.Na/c1-21(2)23-6-10-31(50-3)30(16-23)29-9-7-25(34(37,38)39)15-24(29)20-47(32-11-8-28(18-46-32)51-12-4-5-33(48)49)19-22-13-26(35(40,41)42)17-27(14-22)36(43,44)45;/h6-11,13-18,21H,4-5,12,19-20H2,1-3H3,(H,48,49);/q;+1/p-1. The Kier molecular flexibility index (Phi) is 14.1. The number of carbonyl (C=O) groups excluding carboxylic acids is 1. The van der Waals surface area contributed by atoms with Gasteiger partial charge < -0.3 is 24.3 Å². The molecule has 1 heterocycles. The van der Waals surface area contributed by atoms with Crippen LogP contribution in [0.3, 0.4) is 0 Å². The molecule has 274 valence electrons. The summed E-state index contributed by atoms with van der Waals surface area (Å²) < 4.78 is 136. The molecule has 4 rings (SSSR count). The molecule has 6 nitrogen and oxygen atoms in total. The van der Waals surface area contributed by atoms with Crippen LogP contribution in [-0.2, 0) is 36.4 Å². The molecule has 0 amide bonds. The summed E-state index contributed by atoms with van der Waals surface area (Å²) in [5.74, 6) is -0.815. The summed E-state index contributed by atoms with van der Waals surface area (Å²) in [6.07, 6.45) is -14.1. The molecule has 0 N–H and O–H groups in total. The van der Waals surface area contributed by atoms with E-state index in [1.807, 2.05) is 13.8 Å². The van der Waals surface area contributed by atoms with Crippen LogP contribution in [0.4, 0.5) is 45.3 Å². The average molecular weight is 751 g/mol. The van der Waals surface area contributed by atoms with E-state index < -0.39 is 59.8 Å². The van der Waals surface area contributed by atoms with Crippen molar-refractivity contribution in [3.63, 3.8) is 0 Å². The minimum Gasteiger partial charge on any atom is -0.550 e. The van der Waals surface area contributed by atoms with Gasteiger partial charge in [-0.25, -0.2) is 4.98 Å². The van der Waals surface area contributed by atoms with Gasteiger partial charge in [0.1, 0.15) is 17.3 Å². The average Bonchev–Trinajstić information content (AvgIpc) is 3.05. The maximum Gasteiger partial charge on any atom is 1.00 e. The Morgan fingerprint density at radius 3 is 1.94 bits per heavy atom. The number of carbonyl (C=O) groups is 1. The Morgan fingerprint density at radius 1 is 0.788 bits per heavy atom. The van der Waals surface area contributed by atoms with Gasteiger partial charge in [0, 0.05) is 24.6 Å². The first-order valence-electron chi connectivity index (χ1n) is 15.5. The fraction of sp³-hybridized carbons (Fsp3) is 0.333. The third kappa shape index (κ3) is 11.3. The Balaban J connectivity index is 0.00000729. The summed E-state index contributed by atoms with van der Waals surface area (Å²) in [4.78, 5) is 16.2. The topological polar surface area (TPSA) is 74.7 Å². The number of pyridine rings is 1. The van der Waals surface area contributed by atoms with Crippen molar-refractivity contribution in [3.8, 4) is 22.6 Å². The van der Waals surface area contributed by atoms with Crippen molar-refractivity contribution in [1.82, 2.24) is 4.98 Å². The number of nitrogens with zero attached hydrogens (tertiary/aromatic N) is 2. The molecule has 0 aliphatic carbocycles. The molecular weight excluding hydrogens is 718 g/mol. The van der Waals surface area contributed by atoms with Crippen LogP contribution < -0.4 is 49.0 Å². The molecule has 0 radical (unpaired) electrons. The second-order valence-electron chi connectivity index (χ2n) is 11.9. The minimum atomic E-state index is -5.14. The van der Waals surface area contributed by atoms with Crippen LogP contribution in [-0.4, -0.2) is 24.7 Å². The maximum absolute atomic E-state index is 14.0. The SMILES string of the molecule is COc1ccc(C(C)C)cc1-c1ccc(C(F)(F)F)cc1CN(Cc1cc(C(F)(F)F)cc(C(F)(F)F)c1)c1ccc(OCCCC(=O)[O-])cn1.[Na+]. The first-order chi connectivity index (χ1) is 23.8. The number of hydrogen-bond acceptors (Lipinski definition) is 6. The predicted molar refractivity (Wildman–Crippen MR) is 168 cm³/mol. The molecule has 0 unspecified atom stereocenters. The van der Waals surface area contributed by atoms with Crippen LogP contribution in [0.2, 0.25) is 0 Å². The van der Waals surface area contributed by atoms with Gasteiger partial charge in [-0.15, -0.1) is 0 Å². The zero-order valence-corrected chi connectivity index (χ0v) is 30.5. The largest absolute Gasteiger partial charge is 1.00 e. The fourth-order valence-corrected chi connectivity index (χ4v) is 5.26. The molecule has 0 bridgehead atoms. The van der Waals surface area contributed by atoms with E-state index in [-0.39, 0.29) is 83.7 Å². The van der Waals surface area contributed by atoms with E-state index >= 15 is 0 Å². The van der Waals surface area contributed by atoms with Gasteiger partial charge in [-0.2, -0.15) is 39.5 Å². The number of alkyl halides is 9. The predicted octanol–water partition coefficient (Wildman–Crippen LogP) is 6.06. The van der Waals surface area contributed by atoms with Gasteiger partial charge in [0.25, 0.3) is 0 Å². The monoisotopic (exact) mass is 750 g/mol. The molecule has 0 fully saturated rings. The molecule has 52 heavy (non-hydrogen) atoms. The fourth-order valence-electron chi connectivity index (χ4n) is 5.26. The zero-order valence-electron chi connectivity index (χ0n) is 28.5. The van der Waals surface area contributed by atoms with Gasteiger partial charge in [0.15, 0.2) is 0 Å². The molecule has 16 heteroatoms. The van der Waals surface area contributed by atoms with Crippen molar-refractivity contribution < 1.29 is 88.4 Å². The van der Waals surface area contributed by atoms with E-state index in [1.165, 1.54) is 36.4 Å². The maximum atomic E-state index is 14.0. The van der Waals surface area contributed by atoms with E-state index in [2.05, 4.69) is 4.98 Å².